The third-order valence-corrected chi connectivity index (χ3v) is 1.35. The molecule has 0 unspecified atom stereocenters. The lowest BCUT2D eigenvalue weighted by atomic mass is 10.5. The van der Waals surface area contributed by atoms with Crippen molar-refractivity contribution >= 4 is 6.34 Å². The summed E-state index contributed by atoms with van der Waals surface area (Å²) in [5, 5.41) is 0. The van der Waals surface area contributed by atoms with E-state index < -0.39 is 0 Å². The zero-order chi connectivity index (χ0) is 6.74. The van der Waals surface area contributed by atoms with E-state index in [1.165, 1.54) is 0 Å². The average Bonchev–Trinajstić information content (AvgIpc) is 2.16. The largest absolute Gasteiger partial charge is 0.253 e. The smallest absolute Gasteiger partial charge is 0.194 e. The van der Waals surface area contributed by atoms with E-state index in [0.29, 0.717) is 0 Å². The number of aliphatic imine (C=N–C) groups is 1. The van der Waals surface area contributed by atoms with Gasteiger partial charge in [0.2, 0.25) is 0 Å². The van der Waals surface area contributed by atoms with E-state index in [9.17, 15) is 0 Å². The first-order chi connectivity index (χ1) is 4.27. The molecule has 1 atom stereocenters. The highest BCUT2D eigenvalue weighted by Crippen LogP contribution is 2.05. The van der Waals surface area contributed by atoms with E-state index in [1.54, 1.807) is 0 Å². The first kappa shape index (κ1) is 6.23. The van der Waals surface area contributed by atoms with Gasteiger partial charge in [-0.25, -0.2) is 4.99 Å². The van der Waals surface area contributed by atoms with E-state index >= 15 is 0 Å². The number of likely N-dealkylation sites (N-methyl/N-ethyl adjacent to an activating group) is 1. The Bertz CT molecular complexity index is 156. The lowest BCUT2D eigenvalue weighted by molar-refractivity contribution is -0.749. The van der Waals surface area contributed by atoms with Crippen LogP contribution < -0.4 is 0 Å². The van der Waals surface area contributed by atoms with Gasteiger partial charge >= 0.3 is 0 Å². The van der Waals surface area contributed by atoms with Gasteiger partial charge < -0.3 is 0 Å². The summed E-state index contributed by atoms with van der Waals surface area (Å²) in [6, 6.07) is 0. The third-order valence-electron chi connectivity index (χ3n) is 1.35. The van der Waals surface area contributed by atoms with E-state index in [4.69, 9.17) is 0 Å². The molecule has 9 heavy (non-hydrogen) atoms. The van der Waals surface area contributed by atoms with Crippen LogP contribution in [0.1, 0.15) is 0 Å². The van der Waals surface area contributed by atoms with Gasteiger partial charge in [-0.05, 0) is 6.08 Å². The molecule has 0 radical (unpaired) electrons. The van der Waals surface area contributed by atoms with Gasteiger partial charge in [-0.1, -0.05) is 6.58 Å². The zero-order valence-corrected chi connectivity index (χ0v) is 5.62. The van der Waals surface area contributed by atoms with Gasteiger partial charge in [-0.15, -0.1) is 0 Å². The van der Waals surface area contributed by atoms with Crippen LogP contribution in [0.25, 0.3) is 0 Å². The maximum atomic E-state index is 3.97. The fourth-order valence-electron chi connectivity index (χ4n) is 0.806. The molecule has 0 aromatic rings. The molecule has 0 aromatic carbocycles. The molecule has 2 nitrogen and oxygen atoms in total. The first-order valence-corrected chi connectivity index (χ1v) is 2.95. The van der Waals surface area contributed by atoms with Crippen LogP contribution in [0.5, 0.6) is 0 Å². The van der Waals surface area contributed by atoms with Crippen molar-refractivity contribution in [1.29, 1.82) is 0 Å². The molecule has 2 heteroatoms. The van der Waals surface area contributed by atoms with Crippen LogP contribution >= 0.6 is 0 Å². The molecular formula is C7H11N2+. The second-order valence-electron chi connectivity index (χ2n) is 2.38. The molecule has 0 bridgehead atoms. The normalized spacial score (nSPS) is 31.2. The number of hydrogen-bond donors (Lipinski definition) is 0. The molecule has 1 aliphatic heterocycles. The van der Waals surface area contributed by atoms with Gasteiger partial charge in [-0.2, -0.15) is 0 Å². The average molecular weight is 123 g/mol. The van der Waals surface area contributed by atoms with Crippen LogP contribution in [-0.2, 0) is 0 Å². The molecule has 0 fully saturated rings. The molecule has 1 rings (SSSR count). The Balaban J connectivity index is 2.63. The molecule has 1 heterocycles. The Labute approximate surface area is 55.4 Å². The van der Waals surface area contributed by atoms with Gasteiger partial charge in [0.15, 0.2) is 6.34 Å². The Morgan fingerprint density at radius 1 is 1.78 bits per heavy atom. The Morgan fingerprint density at radius 2 is 2.56 bits per heavy atom. The van der Waals surface area contributed by atoms with E-state index in [2.05, 4.69) is 18.6 Å². The minimum Gasteiger partial charge on any atom is -0.253 e. The fraction of sp³-hybridized carbons (Fsp3) is 0.286. The van der Waals surface area contributed by atoms with Crippen LogP contribution in [0.2, 0.25) is 0 Å². The third kappa shape index (κ3) is 1.27. The van der Waals surface area contributed by atoms with Crippen molar-refractivity contribution in [2.24, 2.45) is 4.99 Å². The van der Waals surface area contributed by atoms with Crippen molar-refractivity contribution in [2.75, 3.05) is 13.6 Å². The summed E-state index contributed by atoms with van der Waals surface area (Å²) in [6.07, 6.45) is 7.62. The number of quaternary nitrogens is 1. The van der Waals surface area contributed by atoms with Gasteiger partial charge in [0.1, 0.15) is 12.7 Å². The van der Waals surface area contributed by atoms with E-state index in [-0.39, 0.29) is 0 Å². The van der Waals surface area contributed by atoms with Gasteiger partial charge in [0.05, 0.1) is 13.2 Å². The van der Waals surface area contributed by atoms with Crippen molar-refractivity contribution in [3.63, 3.8) is 0 Å². The number of hydrogen-bond acceptors (Lipinski definition) is 1. The van der Waals surface area contributed by atoms with Crippen LogP contribution in [0.4, 0.5) is 0 Å². The predicted molar refractivity (Wildman–Crippen MR) is 38.9 cm³/mol. The summed E-state index contributed by atoms with van der Waals surface area (Å²) in [5.41, 5.74) is 0. The lowest BCUT2D eigenvalue weighted by Crippen LogP contribution is -2.34. The molecule has 0 saturated heterocycles. The van der Waals surface area contributed by atoms with Crippen molar-refractivity contribution in [1.82, 2.24) is 0 Å². The molecular weight excluding hydrogens is 112 g/mol. The summed E-state index contributed by atoms with van der Waals surface area (Å²) in [7, 11) is 2.08. The van der Waals surface area contributed by atoms with Gasteiger partial charge in [-0.3, -0.25) is 4.48 Å². The number of nitrogens with zero attached hydrogens (tertiary/aromatic N) is 2. The van der Waals surface area contributed by atoms with Crippen molar-refractivity contribution in [3.05, 3.63) is 25.1 Å². The molecule has 0 N–H and O–H groups in total. The quantitative estimate of drug-likeness (QED) is 0.385. The maximum absolute atomic E-state index is 3.97. The molecule has 0 aromatic heterocycles. The highest BCUT2D eigenvalue weighted by molar-refractivity contribution is 5.50. The molecule has 0 amide bonds. The second kappa shape index (κ2) is 2.15. The van der Waals surface area contributed by atoms with Crippen LogP contribution in [0.15, 0.2) is 30.0 Å². The van der Waals surface area contributed by atoms with E-state index in [1.807, 2.05) is 24.8 Å². The van der Waals surface area contributed by atoms with Crippen molar-refractivity contribution < 1.29 is 4.48 Å². The van der Waals surface area contributed by atoms with Crippen LogP contribution in [-0.4, -0.2) is 24.4 Å². The second-order valence-corrected chi connectivity index (χ2v) is 2.38. The monoisotopic (exact) mass is 123 g/mol. The minimum absolute atomic E-state index is 0.753. The Morgan fingerprint density at radius 3 is 3.00 bits per heavy atom. The Kier molecular flexibility index (Phi) is 1.49. The highest BCUT2D eigenvalue weighted by Gasteiger charge is 2.15. The predicted octanol–water partition coefficient (Wildman–Crippen LogP) is 1.13. The topological polar surface area (TPSA) is 12.4 Å². The summed E-state index contributed by atoms with van der Waals surface area (Å²) < 4.78 is 0.753. The van der Waals surface area contributed by atoms with Crippen LogP contribution in [0, 0.1) is 0 Å². The molecule has 0 aliphatic carbocycles. The van der Waals surface area contributed by atoms with Crippen molar-refractivity contribution in [3.8, 4) is 0 Å². The van der Waals surface area contributed by atoms with Crippen molar-refractivity contribution in [2.45, 2.75) is 0 Å². The fourth-order valence-corrected chi connectivity index (χ4v) is 0.806. The summed E-state index contributed by atoms with van der Waals surface area (Å²) in [4.78, 5) is 3.97. The molecule has 0 spiro atoms. The minimum atomic E-state index is 0.753. The van der Waals surface area contributed by atoms with Gasteiger partial charge in [0, 0.05) is 0 Å². The summed E-state index contributed by atoms with van der Waals surface area (Å²) >= 11 is 0. The van der Waals surface area contributed by atoms with E-state index in [0.717, 1.165) is 11.0 Å². The summed E-state index contributed by atoms with van der Waals surface area (Å²) in [6.45, 7) is 4.57. The SMILES string of the molecule is C=CC[N@+]1(C)C=CN=C1. The molecule has 0 saturated carbocycles. The number of rotatable bonds is 2. The molecule has 48 valence electrons. The lowest BCUT2D eigenvalue weighted by Gasteiger charge is -2.18. The summed E-state index contributed by atoms with van der Waals surface area (Å²) in [5.74, 6) is 0. The first-order valence-electron chi connectivity index (χ1n) is 2.95. The van der Waals surface area contributed by atoms with Gasteiger partial charge in [0.25, 0.3) is 0 Å². The zero-order valence-electron chi connectivity index (χ0n) is 5.62. The maximum Gasteiger partial charge on any atom is 0.194 e. The standard InChI is InChI=1S/C7H11N2/c1-3-5-9(2)6-4-8-7-9/h3-4,6-7H,1,5H2,2H3/q+1/t9-/m1/s1. The Hall–Kier alpha value is -0.890. The highest BCUT2D eigenvalue weighted by atomic mass is 15.3. The van der Waals surface area contributed by atoms with Crippen LogP contribution in [0.3, 0.4) is 0 Å². The molecule has 1 aliphatic rings.